The number of ether oxygens (including phenoxy) is 1. The summed E-state index contributed by atoms with van der Waals surface area (Å²) in [6.45, 7) is 8.43. The summed E-state index contributed by atoms with van der Waals surface area (Å²) in [6, 6.07) is 5.00. The molecule has 4 rings (SSSR count). The number of methoxy groups -OCH3 is 1. The molecule has 3 heterocycles. The van der Waals surface area contributed by atoms with E-state index in [1.54, 1.807) is 0 Å². The highest BCUT2D eigenvalue weighted by Crippen LogP contribution is 2.45. The van der Waals surface area contributed by atoms with Gasteiger partial charge in [-0.05, 0) is 76.8 Å². The van der Waals surface area contributed by atoms with Crippen molar-refractivity contribution in [2.75, 3.05) is 19.0 Å². The number of hydrogen-bond donors (Lipinski definition) is 2. The van der Waals surface area contributed by atoms with Gasteiger partial charge in [0.15, 0.2) is 0 Å². The standard InChI is InChI=1S/C24H30ClN3O5S2/c1-23(2)13-16-18(22(30)33-5)21(34-19(16)24(3,4)27-23)26-20(29)17-7-6-12-28(17)35(31,32)15-10-8-14(25)9-11-15/h8-11,17,27H,6-7,12-13H2,1-5H3,(H,26,29). The molecule has 0 radical (unpaired) electrons. The minimum absolute atomic E-state index is 0.0819. The topological polar surface area (TPSA) is 105 Å². The third kappa shape index (κ3) is 4.86. The lowest BCUT2D eigenvalue weighted by molar-refractivity contribution is -0.119. The maximum absolute atomic E-state index is 13.4. The summed E-state index contributed by atoms with van der Waals surface area (Å²) in [7, 11) is -2.58. The first-order chi connectivity index (χ1) is 16.3. The fourth-order valence-corrected chi connectivity index (χ4v) is 8.21. The van der Waals surface area contributed by atoms with Crippen LogP contribution in [0.25, 0.3) is 0 Å². The Bertz CT molecular complexity index is 1270. The predicted molar refractivity (Wildman–Crippen MR) is 137 cm³/mol. The van der Waals surface area contributed by atoms with Crippen LogP contribution in [0, 0.1) is 0 Å². The highest BCUT2D eigenvalue weighted by molar-refractivity contribution is 7.89. The van der Waals surface area contributed by atoms with Crippen molar-refractivity contribution in [3.63, 3.8) is 0 Å². The smallest absolute Gasteiger partial charge is 0.341 e. The van der Waals surface area contributed by atoms with Gasteiger partial charge in [0.05, 0.1) is 17.6 Å². The lowest BCUT2D eigenvalue weighted by Gasteiger charge is -2.42. The fourth-order valence-electron chi connectivity index (χ4n) is 5.16. The Labute approximate surface area is 215 Å². The summed E-state index contributed by atoms with van der Waals surface area (Å²) in [5, 5.41) is 7.28. The molecule has 1 unspecified atom stereocenters. The molecule has 1 aromatic heterocycles. The van der Waals surface area contributed by atoms with Gasteiger partial charge in [-0.25, -0.2) is 13.2 Å². The predicted octanol–water partition coefficient (Wildman–Crippen LogP) is 4.14. The number of halogens is 1. The van der Waals surface area contributed by atoms with E-state index in [1.165, 1.54) is 47.0 Å². The average Bonchev–Trinajstić information content (AvgIpc) is 3.38. The van der Waals surface area contributed by atoms with Crippen molar-refractivity contribution in [3.05, 3.63) is 45.3 Å². The largest absolute Gasteiger partial charge is 0.465 e. The molecule has 0 aliphatic carbocycles. The Hall–Kier alpha value is -1.98. The third-order valence-electron chi connectivity index (χ3n) is 6.40. The van der Waals surface area contributed by atoms with Gasteiger partial charge in [-0.2, -0.15) is 4.31 Å². The van der Waals surface area contributed by atoms with Crippen molar-refractivity contribution in [3.8, 4) is 0 Å². The van der Waals surface area contributed by atoms with Gasteiger partial charge < -0.3 is 15.4 Å². The SMILES string of the molecule is COC(=O)c1c(NC(=O)C2CCCN2S(=O)(=O)c2ccc(Cl)cc2)sc2c1CC(C)(C)NC2(C)C. The molecule has 0 spiro atoms. The number of esters is 1. The Balaban J connectivity index is 1.68. The van der Waals surface area contributed by atoms with Crippen LogP contribution in [-0.4, -0.2) is 49.8 Å². The van der Waals surface area contributed by atoms with Crippen molar-refractivity contribution in [1.82, 2.24) is 9.62 Å². The number of anilines is 1. The number of rotatable bonds is 5. The number of fused-ring (bicyclic) bond motifs is 1. The van der Waals surface area contributed by atoms with Crippen molar-refractivity contribution in [2.24, 2.45) is 0 Å². The van der Waals surface area contributed by atoms with Gasteiger partial charge in [0.25, 0.3) is 0 Å². The zero-order chi connectivity index (χ0) is 25.8. The first kappa shape index (κ1) is 26.1. The molecule has 2 aliphatic rings. The second-order valence-electron chi connectivity index (χ2n) is 10.1. The van der Waals surface area contributed by atoms with E-state index in [9.17, 15) is 18.0 Å². The van der Waals surface area contributed by atoms with Gasteiger partial charge in [0.1, 0.15) is 11.0 Å². The van der Waals surface area contributed by atoms with Gasteiger partial charge in [-0.3, -0.25) is 4.79 Å². The molecule has 0 bridgehead atoms. The zero-order valence-electron chi connectivity index (χ0n) is 20.4. The third-order valence-corrected chi connectivity index (χ3v) is 10.0. The summed E-state index contributed by atoms with van der Waals surface area (Å²) >= 11 is 7.24. The second-order valence-corrected chi connectivity index (χ2v) is 13.5. The van der Waals surface area contributed by atoms with Crippen LogP contribution in [0.4, 0.5) is 5.00 Å². The van der Waals surface area contributed by atoms with Crippen molar-refractivity contribution in [1.29, 1.82) is 0 Å². The van der Waals surface area contributed by atoms with Crippen LogP contribution < -0.4 is 10.6 Å². The van der Waals surface area contributed by atoms with Crippen LogP contribution >= 0.6 is 22.9 Å². The van der Waals surface area contributed by atoms with Crippen molar-refractivity contribution < 1.29 is 22.7 Å². The number of carbonyl (C=O) groups excluding carboxylic acids is 2. The molecular formula is C24H30ClN3O5S2. The van der Waals surface area contributed by atoms with Crippen LogP contribution in [0.1, 0.15) is 61.3 Å². The minimum Gasteiger partial charge on any atom is -0.465 e. The van der Waals surface area contributed by atoms with E-state index in [0.717, 1.165) is 10.4 Å². The summed E-state index contributed by atoms with van der Waals surface area (Å²) < 4.78 is 32.8. The molecule has 1 fully saturated rings. The monoisotopic (exact) mass is 539 g/mol. The lowest BCUT2D eigenvalue weighted by Crippen LogP contribution is -2.55. The number of nitrogens with one attached hydrogen (secondary N) is 2. The van der Waals surface area contributed by atoms with E-state index >= 15 is 0 Å². The Kier molecular flexibility index (Phi) is 6.82. The first-order valence-corrected chi connectivity index (χ1v) is 14.0. The van der Waals surface area contributed by atoms with E-state index < -0.39 is 33.5 Å². The molecule has 1 aromatic carbocycles. The number of thiophene rings is 1. The van der Waals surface area contributed by atoms with Gasteiger partial charge in [-0.15, -0.1) is 11.3 Å². The maximum atomic E-state index is 13.4. The van der Waals surface area contributed by atoms with Gasteiger partial charge >= 0.3 is 5.97 Å². The van der Waals surface area contributed by atoms with Crippen LogP contribution in [-0.2, 0) is 31.5 Å². The molecule has 35 heavy (non-hydrogen) atoms. The van der Waals surface area contributed by atoms with Crippen LogP contribution in [0.3, 0.4) is 0 Å². The van der Waals surface area contributed by atoms with Gasteiger partial charge in [-0.1, -0.05) is 11.6 Å². The van der Waals surface area contributed by atoms with Crippen molar-refractivity contribution in [2.45, 2.75) is 69.0 Å². The molecule has 11 heteroatoms. The maximum Gasteiger partial charge on any atom is 0.341 e. The number of carbonyl (C=O) groups is 2. The Morgan fingerprint density at radius 1 is 1.20 bits per heavy atom. The zero-order valence-corrected chi connectivity index (χ0v) is 22.8. The quantitative estimate of drug-likeness (QED) is 0.553. The molecule has 1 saturated heterocycles. The molecule has 2 aliphatic heterocycles. The second kappa shape index (κ2) is 9.15. The molecule has 0 saturated carbocycles. The molecule has 2 aromatic rings. The summed E-state index contributed by atoms with van der Waals surface area (Å²) in [5.41, 5.74) is 0.498. The molecule has 2 N–H and O–H groups in total. The van der Waals surface area contributed by atoms with Crippen LogP contribution in [0.2, 0.25) is 5.02 Å². The van der Waals surface area contributed by atoms with Crippen LogP contribution in [0.5, 0.6) is 0 Å². The van der Waals surface area contributed by atoms with E-state index in [2.05, 4.69) is 24.5 Å². The number of sulfonamides is 1. The van der Waals surface area contributed by atoms with E-state index in [0.29, 0.717) is 34.8 Å². The minimum atomic E-state index is -3.89. The number of amides is 1. The van der Waals surface area contributed by atoms with E-state index in [-0.39, 0.29) is 17.0 Å². The lowest BCUT2D eigenvalue weighted by atomic mass is 9.81. The highest BCUT2D eigenvalue weighted by atomic mass is 35.5. The molecule has 190 valence electrons. The first-order valence-electron chi connectivity index (χ1n) is 11.4. The summed E-state index contributed by atoms with van der Waals surface area (Å²) in [5.74, 6) is -0.989. The number of hydrogen-bond acceptors (Lipinski definition) is 7. The highest BCUT2D eigenvalue weighted by Gasteiger charge is 2.44. The Morgan fingerprint density at radius 3 is 2.49 bits per heavy atom. The average molecular weight is 540 g/mol. The van der Waals surface area contributed by atoms with Crippen LogP contribution in [0.15, 0.2) is 29.2 Å². The Morgan fingerprint density at radius 2 is 1.86 bits per heavy atom. The summed E-state index contributed by atoms with van der Waals surface area (Å²) in [4.78, 5) is 27.3. The normalized spacial score (nSPS) is 21.4. The molecule has 1 atom stereocenters. The molecule has 8 nitrogen and oxygen atoms in total. The van der Waals surface area contributed by atoms with Crippen molar-refractivity contribution >= 4 is 49.8 Å². The fraction of sp³-hybridized carbons (Fsp3) is 0.500. The number of benzene rings is 1. The number of nitrogens with zero attached hydrogens (tertiary/aromatic N) is 1. The van der Waals surface area contributed by atoms with E-state index in [4.69, 9.17) is 16.3 Å². The van der Waals surface area contributed by atoms with Gasteiger partial charge in [0, 0.05) is 27.5 Å². The molecule has 1 amide bonds. The molecular weight excluding hydrogens is 510 g/mol. The van der Waals surface area contributed by atoms with Gasteiger partial charge in [0.2, 0.25) is 15.9 Å². The van der Waals surface area contributed by atoms with E-state index in [1.807, 2.05) is 13.8 Å². The summed E-state index contributed by atoms with van der Waals surface area (Å²) in [6.07, 6.45) is 1.53.